The van der Waals surface area contributed by atoms with Gasteiger partial charge in [-0.15, -0.1) is 23.5 Å². The third-order valence-electron chi connectivity index (χ3n) is 3.36. The van der Waals surface area contributed by atoms with Crippen LogP contribution < -0.4 is 5.73 Å². The van der Waals surface area contributed by atoms with E-state index in [-0.39, 0.29) is 10.1 Å². The van der Waals surface area contributed by atoms with Gasteiger partial charge in [-0.2, -0.15) is 0 Å². The number of carbonyl (C=O) groups is 1. The first kappa shape index (κ1) is 12.8. The number of Topliss-reactive ketones (excluding diaryl/α,β-unsaturated/α-hetero) is 1. The molecule has 1 saturated heterocycles. The largest absolute Gasteiger partial charge is 0.325 e. The molecule has 1 saturated carbocycles. The van der Waals surface area contributed by atoms with E-state index in [4.69, 9.17) is 5.73 Å². The number of carbonyl (C=O) groups excluding carboxylic acids is 1. The molecule has 1 atom stereocenters. The molecule has 0 radical (unpaired) electrons. The van der Waals surface area contributed by atoms with Crippen LogP contribution >= 0.6 is 23.5 Å². The first-order valence-electron chi connectivity index (χ1n) is 6.26. The Balaban J connectivity index is 2.03. The van der Waals surface area contributed by atoms with Crippen molar-refractivity contribution in [3.63, 3.8) is 0 Å². The lowest BCUT2D eigenvalue weighted by Crippen LogP contribution is -2.47. The lowest BCUT2D eigenvalue weighted by Gasteiger charge is -2.32. The van der Waals surface area contributed by atoms with Crippen LogP contribution in [-0.2, 0) is 4.79 Å². The molecule has 0 aromatic heterocycles. The van der Waals surface area contributed by atoms with Crippen molar-refractivity contribution in [2.45, 2.75) is 49.1 Å². The number of hydrogen-bond donors (Lipinski definition) is 1. The number of hydrogen-bond acceptors (Lipinski definition) is 4. The highest BCUT2D eigenvalue weighted by Gasteiger charge is 2.48. The van der Waals surface area contributed by atoms with Crippen molar-refractivity contribution >= 4 is 29.3 Å². The van der Waals surface area contributed by atoms with Crippen molar-refractivity contribution in [3.8, 4) is 0 Å². The smallest absolute Gasteiger partial charge is 0.160 e. The average Bonchev–Trinajstić information content (AvgIpc) is 2.94. The zero-order valence-corrected chi connectivity index (χ0v) is 11.5. The molecular weight excluding hydrogens is 238 g/mol. The van der Waals surface area contributed by atoms with Crippen LogP contribution in [-0.4, -0.2) is 27.4 Å². The normalized spacial score (nSPS) is 25.6. The Bertz CT molecular complexity index is 260. The van der Waals surface area contributed by atoms with Gasteiger partial charge in [0.1, 0.15) is 4.08 Å². The lowest BCUT2D eigenvalue weighted by molar-refractivity contribution is -0.120. The quantitative estimate of drug-likeness (QED) is 0.796. The highest BCUT2D eigenvalue weighted by molar-refractivity contribution is 8.22. The van der Waals surface area contributed by atoms with Gasteiger partial charge in [-0.25, -0.2) is 0 Å². The Hall–Kier alpha value is 0.330. The summed E-state index contributed by atoms with van der Waals surface area (Å²) in [4.78, 5) is 12.4. The van der Waals surface area contributed by atoms with E-state index in [0.717, 1.165) is 30.8 Å². The van der Waals surface area contributed by atoms with E-state index in [1.165, 1.54) is 12.8 Å². The van der Waals surface area contributed by atoms with Crippen LogP contribution in [0.3, 0.4) is 0 Å². The van der Waals surface area contributed by atoms with Crippen LogP contribution in [0.15, 0.2) is 0 Å². The topological polar surface area (TPSA) is 43.1 Å². The van der Waals surface area contributed by atoms with Crippen molar-refractivity contribution in [3.05, 3.63) is 0 Å². The number of thioether (sulfide) groups is 2. The molecule has 2 fully saturated rings. The SMILES string of the molecule is CCC[C@H](N)C1(C(=O)CC2CC2)SCCS1. The fourth-order valence-corrected chi connectivity index (χ4v) is 5.50. The van der Waals surface area contributed by atoms with Crippen LogP contribution in [0.1, 0.15) is 39.0 Å². The molecule has 0 amide bonds. The minimum Gasteiger partial charge on any atom is -0.325 e. The summed E-state index contributed by atoms with van der Waals surface area (Å²) in [7, 11) is 0. The second-order valence-corrected chi connectivity index (χ2v) is 7.77. The minimum atomic E-state index is -0.293. The summed E-state index contributed by atoms with van der Waals surface area (Å²) in [5.74, 6) is 3.26. The maximum atomic E-state index is 12.4. The zero-order chi connectivity index (χ0) is 11.6. The monoisotopic (exact) mass is 259 g/mol. The van der Waals surface area contributed by atoms with E-state index in [1.807, 2.05) is 0 Å². The predicted octanol–water partition coefficient (Wildman–Crippen LogP) is 2.66. The van der Waals surface area contributed by atoms with Crippen molar-refractivity contribution in [2.24, 2.45) is 11.7 Å². The maximum absolute atomic E-state index is 12.4. The summed E-state index contributed by atoms with van der Waals surface area (Å²) < 4.78 is -0.293. The second kappa shape index (κ2) is 5.32. The molecule has 4 heteroatoms. The molecule has 0 spiro atoms. The second-order valence-electron chi connectivity index (χ2n) is 4.83. The van der Waals surface area contributed by atoms with Gasteiger partial charge < -0.3 is 5.73 Å². The van der Waals surface area contributed by atoms with Crippen LogP contribution in [0.5, 0.6) is 0 Å². The van der Waals surface area contributed by atoms with Gasteiger partial charge >= 0.3 is 0 Å². The van der Waals surface area contributed by atoms with Crippen LogP contribution in [0.4, 0.5) is 0 Å². The van der Waals surface area contributed by atoms with Gasteiger partial charge in [0, 0.05) is 24.0 Å². The Morgan fingerprint density at radius 1 is 1.44 bits per heavy atom. The average molecular weight is 259 g/mol. The summed E-state index contributed by atoms with van der Waals surface area (Å²) in [6.07, 6.45) is 5.31. The highest BCUT2D eigenvalue weighted by atomic mass is 32.2. The van der Waals surface area contributed by atoms with E-state index in [1.54, 1.807) is 23.5 Å². The first-order chi connectivity index (χ1) is 7.69. The van der Waals surface area contributed by atoms with Crippen molar-refractivity contribution in [1.82, 2.24) is 0 Å². The lowest BCUT2D eigenvalue weighted by atomic mass is 10.0. The van der Waals surface area contributed by atoms with Crippen LogP contribution in [0.2, 0.25) is 0 Å². The van der Waals surface area contributed by atoms with Gasteiger partial charge in [0.25, 0.3) is 0 Å². The Labute approximate surface area is 106 Å². The van der Waals surface area contributed by atoms with Crippen molar-refractivity contribution in [1.29, 1.82) is 0 Å². The first-order valence-corrected chi connectivity index (χ1v) is 8.23. The predicted molar refractivity (Wildman–Crippen MR) is 72.9 cm³/mol. The third-order valence-corrected chi connectivity index (χ3v) is 7.06. The molecule has 2 aliphatic rings. The van der Waals surface area contributed by atoms with Crippen LogP contribution in [0.25, 0.3) is 0 Å². The zero-order valence-electron chi connectivity index (χ0n) is 9.91. The summed E-state index contributed by atoms with van der Waals surface area (Å²) in [5.41, 5.74) is 6.26. The van der Waals surface area contributed by atoms with Crippen molar-refractivity contribution in [2.75, 3.05) is 11.5 Å². The molecule has 0 unspecified atom stereocenters. The number of rotatable bonds is 6. The molecule has 92 valence electrons. The fraction of sp³-hybridized carbons (Fsp3) is 0.917. The highest BCUT2D eigenvalue weighted by Crippen LogP contribution is 2.49. The van der Waals surface area contributed by atoms with E-state index in [0.29, 0.717) is 11.7 Å². The summed E-state index contributed by atoms with van der Waals surface area (Å²) >= 11 is 3.61. The van der Waals surface area contributed by atoms with E-state index >= 15 is 0 Å². The van der Waals surface area contributed by atoms with Crippen LogP contribution in [0, 0.1) is 5.92 Å². The Morgan fingerprint density at radius 2 is 2.06 bits per heavy atom. The third kappa shape index (κ3) is 2.59. The molecule has 2 rings (SSSR count). The molecule has 1 aliphatic heterocycles. The number of ketones is 1. The van der Waals surface area contributed by atoms with E-state index in [9.17, 15) is 4.79 Å². The van der Waals surface area contributed by atoms with Gasteiger partial charge in [-0.3, -0.25) is 4.79 Å². The fourth-order valence-electron chi connectivity index (χ4n) is 2.24. The molecule has 1 heterocycles. The Morgan fingerprint density at radius 3 is 2.56 bits per heavy atom. The molecule has 2 nitrogen and oxygen atoms in total. The Kier molecular flexibility index (Phi) is 4.25. The van der Waals surface area contributed by atoms with Gasteiger partial charge in [-0.05, 0) is 25.2 Å². The van der Waals surface area contributed by atoms with Gasteiger partial charge in [0.15, 0.2) is 5.78 Å². The summed E-state index contributed by atoms with van der Waals surface area (Å²) in [5, 5.41) is 0. The molecule has 0 bridgehead atoms. The van der Waals surface area contributed by atoms with E-state index < -0.39 is 0 Å². The molecule has 0 aromatic rings. The molecule has 1 aliphatic carbocycles. The minimum absolute atomic E-state index is 0.0428. The van der Waals surface area contributed by atoms with Crippen molar-refractivity contribution < 1.29 is 4.79 Å². The van der Waals surface area contributed by atoms with Gasteiger partial charge in [0.05, 0.1) is 0 Å². The maximum Gasteiger partial charge on any atom is 0.160 e. The summed E-state index contributed by atoms with van der Waals surface area (Å²) in [6.45, 7) is 2.14. The number of nitrogens with two attached hydrogens (primary N) is 1. The van der Waals surface area contributed by atoms with E-state index in [2.05, 4.69) is 6.92 Å². The molecule has 16 heavy (non-hydrogen) atoms. The molecular formula is C12H21NOS2. The molecule has 0 aromatic carbocycles. The summed E-state index contributed by atoms with van der Waals surface area (Å²) in [6, 6.07) is 0.0428. The van der Waals surface area contributed by atoms with Gasteiger partial charge in [-0.1, -0.05) is 13.3 Å². The van der Waals surface area contributed by atoms with Gasteiger partial charge in [0.2, 0.25) is 0 Å². The standard InChI is InChI=1S/C12H21NOS2/c1-2-3-10(13)12(15-6-7-16-12)11(14)8-9-4-5-9/h9-10H,2-8,13H2,1H3/t10-/m0/s1. The molecule has 2 N–H and O–H groups in total.